The first kappa shape index (κ1) is 20.6. The predicted molar refractivity (Wildman–Crippen MR) is 103 cm³/mol. The number of benzene rings is 2. The van der Waals surface area contributed by atoms with Crippen LogP contribution in [-0.4, -0.2) is 49.7 Å². The molecule has 3 rings (SSSR count). The number of ether oxygens (including phenoxy) is 5. The van der Waals surface area contributed by atoms with Crippen molar-refractivity contribution in [3.63, 3.8) is 0 Å². The van der Waals surface area contributed by atoms with Gasteiger partial charge in [-0.05, 0) is 24.6 Å². The summed E-state index contributed by atoms with van der Waals surface area (Å²) in [5.74, 6) is 1.12. The fourth-order valence-electron chi connectivity index (χ4n) is 3.20. The van der Waals surface area contributed by atoms with Gasteiger partial charge in [-0.15, -0.1) is 0 Å². The maximum Gasteiger partial charge on any atom is 0.344 e. The second kappa shape index (κ2) is 8.91. The predicted octanol–water partition coefficient (Wildman–Crippen LogP) is 2.39. The van der Waals surface area contributed by atoms with E-state index in [1.807, 2.05) is 0 Å². The van der Waals surface area contributed by atoms with E-state index in [2.05, 4.69) is 0 Å². The number of hydrogen-bond donors (Lipinski definition) is 2. The van der Waals surface area contributed by atoms with E-state index in [-0.39, 0.29) is 24.7 Å². The standard InChI is InChI=1S/C21H24O8/c1-4-27-20(24)11-28-17-6-5-12(7-15(17)22)21-16(23)10-14-18(26-3)8-13(25-2)9-19(14)29-21/h5-9,16,21-23H,4,10-11H2,1-3H3. The zero-order valence-corrected chi connectivity index (χ0v) is 16.5. The Morgan fingerprint density at radius 2 is 1.97 bits per heavy atom. The van der Waals surface area contributed by atoms with Gasteiger partial charge in [-0.2, -0.15) is 0 Å². The van der Waals surface area contributed by atoms with Gasteiger partial charge in [0.05, 0.1) is 26.9 Å². The van der Waals surface area contributed by atoms with Crippen molar-refractivity contribution in [1.29, 1.82) is 0 Å². The molecule has 2 aromatic carbocycles. The molecule has 0 bridgehead atoms. The number of aliphatic hydroxyl groups excluding tert-OH is 1. The molecule has 8 nitrogen and oxygen atoms in total. The third kappa shape index (κ3) is 4.48. The number of phenols is 1. The van der Waals surface area contributed by atoms with Gasteiger partial charge in [0.2, 0.25) is 0 Å². The lowest BCUT2D eigenvalue weighted by Gasteiger charge is -2.32. The summed E-state index contributed by atoms with van der Waals surface area (Å²) in [5, 5.41) is 20.9. The van der Waals surface area contributed by atoms with E-state index >= 15 is 0 Å². The number of fused-ring (bicyclic) bond motifs is 1. The zero-order chi connectivity index (χ0) is 21.0. The van der Waals surface area contributed by atoms with E-state index in [0.717, 1.165) is 5.56 Å². The van der Waals surface area contributed by atoms with Crippen molar-refractivity contribution in [1.82, 2.24) is 0 Å². The average Bonchev–Trinajstić information content (AvgIpc) is 2.71. The van der Waals surface area contributed by atoms with Crippen LogP contribution in [0.2, 0.25) is 0 Å². The van der Waals surface area contributed by atoms with Gasteiger partial charge in [0.25, 0.3) is 0 Å². The van der Waals surface area contributed by atoms with Gasteiger partial charge in [-0.25, -0.2) is 4.79 Å². The molecule has 156 valence electrons. The number of esters is 1. The molecule has 8 heteroatoms. The molecular formula is C21H24O8. The first-order valence-corrected chi connectivity index (χ1v) is 9.17. The summed E-state index contributed by atoms with van der Waals surface area (Å²) in [6.45, 7) is 1.64. The van der Waals surface area contributed by atoms with Crippen LogP contribution in [0.4, 0.5) is 0 Å². The lowest BCUT2D eigenvalue weighted by atomic mass is 9.94. The van der Waals surface area contributed by atoms with Gasteiger partial charge in [-0.1, -0.05) is 6.07 Å². The minimum atomic E-state index is -0.851. The molecule has 0 radical (unpaired) electrons. The highest BCUT2D eigenvalue weighted by Crippen LogP contribution is 2.43. The summed E-state index contributed by atoms with van der Waals surface area (Å²) >= 11 is 0. The molecule has 2 atom stereocenters. The van der Waals surface area contributed by atoms with Gasteiger partial charge >= 0.3 is 5.97 Å². The Labute approximate surface area is 168 Å². The van der Waals surface area contributed by atoms with Gasteiger partial charge in [0.1, 0.15) is 23.4 Å². The van der Waals surface area contributed by atoms with Crippen LogP contribution >= 0.6 is 0 Å². The van der Waals surface area contributed by atoms with E-state index in [1.165, 1.54) is 12.1 Å². The molecular weight excluding hydrogens is 380 g/mol. The topological polar surface area (TPSA) is 104 Å². The monoisotopic (exact) mass is 404 g/mol. The van der Waals surface area contributed by atoms with Crippen LogP contribution in [-0.2, 0) is 16.0 Å². The Bertz CT molecular complexity index is 879. The Balaban J connectivity index is 1.81. The Morgan fingerprint density at radius 1 is 1.17 bits per heavy atom. The molecule has 2 aromatic rings. The lowest BCUT2D eigenvalue weighted by molar-refractivity contribution is -0.145. The van der Waals surface area contributed by atoms with Crippen molar-refractivity contribution >= 4 is 5.97 Å². The molecule has 0 amide bonds. The minimum Gasteiger partial charge on any atom is -0.504 e. The summed E-state index contributed by atoms with van der Waals surface area (Å²) in [7, 11) is 3.09. The molecule has 29 heavy (non-hydrogen) atoms. The Kier molecular flexibility index (Phi) is 6.33. The molecule has 1 aliphatic rings. The highest BCUT2D eigenvalue weighted by Gasteiger charge is 2.33. The summed E-state index contributed by atoms with van der Waals surface area (Å²) in [6, 6.07) is 8.08. The van der Waals surface area contributed by atoms with Crippen molar-refractivity contribution in [2.45, 2.75) is 25.6 Å². The number of rotatable bonds is 7. The van der Waals surface area contributed by atoms with Gasteiger partial charge in [0, 0.05) is 24.1 Å². The summed E-state index contributed by atoms with van der Waals surface area (Å²) < 4.78 is 26.7. The van der Waals surface area contributed by atoms with Gasteiger partial charge < -0.3 is 33.9 Å². The first-order valence-electron chi connectivity index (χ1n) is 9.17. The maximum absolute atomic E-state index is 11.4. The first-order chi connectivity index (χ1) is 14.0. The number of carbonyl (C=O) groups is 1. The molecule has 0 spiro atoms. The van der Waals surface area contributed by atoms with E-state index < -0.39 is 18.2 Å². The lowest BCUT2D eigenvalue weighted by Crippen LogP contribution is -2.30. The highest BCUT2D eigenvalue weighted by atomic mass is 16.6. The molecule has 0 saturated carbocycles. The third-order valence-corrected chi connectivity index (χ3v) is 4.58. The molecule has 0 saturated heterocycles. The van der Waals surface area contributed by atoms with Crippen molar-refractivity contribution in [2.24, 2.45) is 0 Å². The number of hydrogen-bond acceptors (Lipinski definition) is 8. The highest BCUT2D eigenvalue weighted by molar-refractivity contribution is 5.71. The largest absolute Gasteiger partial charge is 0.504 e. The second-order valence-corrected chi connectivity index (χ2v) is 6.44. The normalized spacial score (nSPS) is 17.7. The van der Waals surface area contributed by atoms with E-state index in [4.69, 9.17) is 23.7 Å². The van der Waals surface area contributed by atoms with Gasteiger partial charge in [0.15, 0.2) is 18.1 Å². The Hall–Kier alpha value is -3.13. The van der Waals surface area contributed by atoms with E-state index in [1.54, 1.807) is 39.3 Å². The molecule has 2 N–H and O–H groups in total. The number of phenolic OH excluding ortho intramolecular Hbond substituents is 1. The van der Waals surface area contributed by atoms with Crippen LogP contribution in [0.15, 0.2) is 30.3 Å². The number of carbonyl (C=O) groups excluding carboxylic acids is 1. The molecule has 1 heterocycles. The average molecular weight is 404 g/mol. The van der Waals surface area contributed by atoms with Crippen molar-refractivity contribution in [3.8, 4) is 28.7 Å². The number of methoxy groups -OCH3 is 2. The SMILES string of the molecule is CCOC(=O)COc1ccc(C2Oc3cc(OC)cc(OC)c3CC2O)cc1O. The maximum atomic E-state index is 11.4. The second-order valence-electron chi connectivity index (χ2n) is 6.44. The number of aromatic hydroxyl groups is 1. The van der Waals surface area contributed by atoms with Crippen molar-refractivity contribution in [3.05, 3.63) is 41.5 Å². The van der Waals surface area contributed by atoms with Crippen LogP contribution < -0.4 is 18.9 Å². The summed E-state index contributed by atoms with van der Waals surface area (Å²) in [6.07, 6.45) is -1.24. The van der Waals surface area contributed by atoms with Crippen molar-refractivity contribution in [2.75, 3.05) is 27.4 Å². The quantitative estimate of drug-likeness (QED) is 0.678. The third-order valence-electron chi connectivity index (χ3n) is 4.58. The van der Waals surface area contributed by atoms with Crippen LogP contribution in [0.1, 0.15) is 24.2 Å². The smallest absolute Gasteiger partial charge is 0.344 e. The van der Waals surface area contributed by atoms with Crippen LogP contribution in [0.3, 0.4) is 0 Å². The zero-order valence-electron chi connectivity index (χ0n) is 16.5. The van der Waals surface area contributed by atoms with Crippen LogP contribution in [0.5, 0.6) is 28.7 Å². The van der Waals surface area contributed by atoms with E-state index in [0.29, 0.717) is 29.2 Å². The van der Waals surface area contributed by atoms with Crippen LogP contribution in [0, 0.1) is 0 Å². The molecule has 0 aromatic heterocycles. The van der Waals surface area contributed by atoms with Crippen molar-refractivity contribution < 1.29 is 38.7 Å². The molecule has 0 aliphatic carbocycles. The fourth-order valence-corrected chi connectivity index (χ4v) is 3.20. The number of aliphatic hydroxyl groups is 1. The summed E-state index contributed by atoms with van der Waals surface area (Å²) in [4.78, 5) is 11.4. The Morgan fingerprint density at radius 3 is 2.62 bits per heavy atom. The minimum absolute atomic E-state index is 0.135. The molecule has 1 aliphatic heterocycles. The van der Waals surface area contributed by atoms with E-state index in [9.17, 15) is 15.0 Å². The fraction of sp³-hybridized carbons (Fsp3) is 0.381. The van der Waals surface area contributed by atoms with Crippen LogP contribution in [0.25, 0.3) is 0 Å². The molecule has 0 fully saturated rings. The molecule has 2 unspecified atom stereocenters. The van der Waals surface area contributed by atoms with Gasteiger partial charge in [-0.3, -0.25) is 0 Å². The summed E-state index contributed by atoms with van der Waals surface area (Å²) in [5.41, 5.74) is 1.31.